The predicted octanol–water partition coefficient (Wildman–Crippen LogP) is 5.97. The molecule has 0 amide bonds. The number of allylic oxidation sites excluding steroid dienone is 2. The van der Waals surface area contributed by atoms with E-state index in [1.54, 1.807) is 6.07 Å². The molecule has 0 heterocycles. The van der Waals surface area contributed by atoms with Crippen LogP contribution in [-0.2, 0) is 4.74 Å². The summed E-state index contributed by atoms with van der Waals surface area (Å²) in [5, 5.41) is 1.84. The van der Waals surface area contributed by atoms with Gasteiger partial charge in [0.2, 0.25) is 0 Å². The fourth-order valence-electron chi connectivity index (χ4n) is 1.75. The van der Waals surface area contributed by atoms with E-state index in [1.807, 2.05) is 26.8 Å². The van der Waals surface area contributed by atoms with E-state index < -0.39 is 0 Å². The minimum absolute atomic E-state index is 0.528. The highest BCUT2D eigenvalue weighted by Gasteiger charge is 2.07. The largest absolute Gasteiger partial charge is 0.497 e. The van der Waals surface area contributed by atoms with Crippen LogP contribution in [0.5, 0.6) is 5.75 Å². The molecule has 0 saturated carbocycles. The van der Waals surface area contributed by atoms with Crippen LogP contribution in [0.15, 0.2) is 22.9 Å². The monoisotopic (exact) mass is 336 g/mol. The number of aryl methyl sites for hydroxylation is 1. The number of ether oxygens (including phenoxy) is 2. The van der Waals surface area contributed by atoms with Gasteiger partial charge >= 0.3 is 0 Å². The Morgan fingerprint density at radius 1 is 1.20 bits per heavy atom. The van der Waals surface area contributed by atoms with Crippen molar-refractivity contribution >= 4 is 34.8 Å². The smallest absolute Gasteiger partial charge is 0.140 e. The summed E-state index contributed by atoms with van der Waals surface area (Å²) in [6.45, 7) is 6.85. The molecule has 20 heavy (non-hydrogen) atoms. The molecule has 5 heteroatoms. The summed E-state index contributed by atoms with van der Waals surface area (Å²) in [7, 11) is 0. The Kier molecular flexibility index (Phi) is 7.57. The van der Waals surface area contributed by atoms with E-state index in [1.165, 1.54) is 0 Å². The van der Waals surface area contributed by atoms with Crippen LogP contribution in [0.25, 0.3) is 0 Å². The summed E-state index contributed by atoms with van der Waals surface area (Å²) < 4.78 is 11.3. The average molecular weight is 338 g/mol. The first kappa shape index (κ1) is 17.5. The maximum Gasteiger partial charge on any atom is 0.140 e. The van der Waals surface area contributed by atoms with Gasteiger partial charge in [-0.2, -0.15) is 0 Å². The van der Waals surface area contributed by atoms with Crippen molar-refractivity contribution in [1.82, 2.24) is 0 Å². The molecule has 0 aliphatic rings. The molecule has 0 bridgehead atoms. The molecule has 0 aliphatic heterocycles. The van der Waals surface area contributed by atoms with Gasteiger partial charge in [-0.15, -0.1) is 0 Å². The molecule has 0 atom stereocenters. The van der Waals surface area contributed by atoms with Crippen molar-refractivity contribution in [2.75, 3.05) is 13.2 Å². The summed E-state index contributed by atoms with van der Waals surface area (Å²) in [6.07, 6.45) is 1.55. The third kappa shape index (κ3) is 5.43. The predicted molar refractivity (Wildman–Crippen MR) is 86.1 cm³/mol. The van der Waals surface area contributed by atoms with Crippen molar-refractivity contribution < 1.29 is 9.47 Å². The van der Waals surface area contributed by atoms with E-state index in [-0.39, 0.29) is 0 Å². The number of rotatable bonds is 7. The van der Waals surface area contributed by atoms with Gasteiger partial charge in [0.1, 0.15) is 11.5 Å². The van der Waals surface area contributed by atoms with Gasteiger partial charge in [0.05, 0.1) is 23.3 Å². The fraction of sp³-hybridized carbons (Fsp3) is 0.467. The second-order valence-electron chi connectivity index (χ2n) is 4.39. The van der Waals surface area contributed by atoms with Gasteiger partial charge in [-0.25, -0.2) is 0 Å². The van der Waals surface area contributed by atoms with Gasteiger partial charge in [0.15, 0.2) is 0 Å². The van der Waals surface area contributed by atoms with E-state index in [0.29, 0.717) is 34.0 Å². The zero-order valence-electron chi connectivity index (χ0n) is 11.9. The van der Waals surface area contributed by atoms with Crippen molar-refractivity contribution in [2.24, 2.45) is 0 Å². The van der Waals surface area contributed by atoms with Crippen molar-refractivity contribution in [3.63, 3.8) is 0 Å². The molecule has 1 rings (SSSR count). The lowest BCUT2D eigenvalue weighted by molar-refractivity contribution is 0.176. The van der Waals surface area contributed by atoms with Gasteiger partial charge in [-0.1, -0.05) is 41.7 Å². The normalized spacial score (nSPS) is 12.1. The van der Waals surface area contributed by atoms with Gasteiger partial charge in [-0.3, -0.25) is 0 Å². The highest BCUT2D eigenvalue weighted by Crippen LogP contribution is 2.31. The first-order chi connectivity index (χ1) is 9.45. The summed E-state index contributed by atoms with van der Waals surface area (Å²) in [5.74, 6) is 1.50. The molecule has 1 aromatic carbocycles. The van der Waals surface area contributed by atoms with Crippen LogP contribution in [0.2, 0.25) is 10.0 Å². The van der Waals surface area contributed by atoms with E-state index in [9.17, 15) is 0 Å². The third-order valence-corrected chi connectivity index (χ3v) is 3.42. The molecule has 0 aromatic heterocycles. The molecule has 112 valence electrons. The van der Waals surface area contributed by atoms with E-state index in [2.05, 4.69) is 0 Å². The SMILES string of the molecule is CCC(OCCCOc1c(C)cc(Cl)cc1Cl)=C(C)Cl. The van der Waals surface area contributed by atoms with E-state index in [0.717, 1.165) is 24.2 Å². The van der Waals surface area contributed by atoms with E-state index in [4.69, 9.17) is 44.3 Å². The summed E-state index contributed by atoms with van der Waals surface area (Å²) >= 11 is 17.9. The van der Waals surface area contributed by atoms with Crippen LogP contribution in [0.4, 0.5) is 0 Å². The summed E-state index contributed by atoms with van der Waals surface area (Å²) in [4.78, 5) is 0. The van der Waals surface area contributed by atoms with Gasteiger partial charge < -0.3 is 9.47 Å². The quantitative estimate of drug-likeness (QED) is 0.451. The lowest BCUT2D eigenvalue weighted by atomic mass is 10.2. The maximum atomic E-state index is 6.10. The zero-order valence-corrected chi connectivity index (χ0v) is 14.2. The molecular weight excluding hydrogens is 319 g/mol. The Bertz CT molecular complexity index is 457. The molecule has 0 aliphatic carbocycles. The van der Waals surface area contributed by atoms with Crippen LogP contribution in [0.1, 0.15) is 32.3 Å². The van der Waals surface area contributed by atoms with Crippen LogP contribution in [0, 0.1) is 6.92 Å². The highest BCUT2D eigenvalue weighted by atomic mass is 35.5. The molecule has 0 spiro atoms. The number of hydrogen-bond donors (Lipinski definition) is 0. The standard InChI is InChI=1S/C15H19Cl3O2/c1-4-14(11(3)16)19-6-5-7-20-15-10(2)8-12(17)9-13(15)18/h8-9H,4-7H2,1-3H3. The zero-order chi connectivity index (χ0) is 15.1. The van der Waals surface area contributed by atoms with Gasteiger partial charge in [-0.05, 0) is 31.5 Å². The molecule has 0 unspecified atom stereocenters. The molecule has 0 N–H and O–H groups in total. The minimum atomic E-state index is 0.528. The molecular formula is C15H19Cl3O2. The van der Waals surface area contributed by atoms with Crippen molar-refractivity contribution in [1.29, 1.82) is 0 Å². The highest BCUT2D eigenvalue weighted by molar-refractivity contribution is 6.35. The fourth-order valence-corrected chi connectivity index (χ4v) is 2.58. The Labute approximate surface area is 135 Å². The number of benzene rings is 1. The van der Waals surface area contributed by atoms with Crippen LogP contribution in [-0.4, -0.2) is 13.2 Å². The lowest BCUT2D eigenvalue weighted by Gasteiger charge is -2.13. The Balaban J connectivity index is 2.41. The van der Waals surface area contributed by atoms with Gasteiger partial charge in [0, 0.05) is 17.9 Å². The minimum Gasteiger partial charge on any atom is -0.497 e. The average Bonchev–Trinajstić information content (AvgIpc) is 2.35. The molecule has 0 fully saturated rings. The molecule has 0 saturated heterocycles. The topological polar surface area (TPSA) is 18.5 Å². The van der Waals surface area contributed by atoms with E-state index >= 15 is 0 Å². The van der Waals surface area contributed by atoms with Crippen LogP contribution < -0.4 is 4.74 Å². The second-order valence-corrected chi connectivity index (χ2v) is 5.80. The maximum absolute atomic E-state index is 6.10. The first-order valence-electron chi connectivity index (χ1n) is 6.52. The third-order valence-electron chi connectivity index (χ3n) is 2.71. The molecule has 1 aromatic rings. The van der Waals surface area contributed by atoms with Crippen LogP contribution >= 0.6 is 34.8 Å². The summed E-state index contributed by atoms with van der Waals surface area (Å²) in [6, 6.07) is 3.50. The van der Waals surface area contributed by atoms with Crippen molar-refractivity contribution in [3.8, 4) is 5.75 Å². The summed E-state index contributed by atoms with van der Waals surface area (Å²) in [5.41, 5.74) is 0.925. The Morgan fingerprint density at radius 2 is 1.90 bits per heavy atom. The second kappa shape index (κ2) is 8.66. The Morgan fingerprint density at radius 3 is 2.45 bits per heavy atom. The molecule has 0 radical (unpaired) electrons. The van der Waals surface area contributed by atoms with Crippen LogP contribution in [0.3, 0.4) is 0 Å². The van der Waals surface area contributed by atoms with Crippen molar-refractivity contribution in [3.05, 3.63) is 38.5 Å². The number of hydrogen-bond acceptors (Lipinski definition) is 2. The number of halogens is 3. The first-order valence-corrected chi connectivity index (χ1v) is 7.65. The molecule has 2 nitrogen and oxygen atoms in total. The van der Waals surface area contributed by atoms with Gasteiger partial charge in [0.25, 0.3) is 0 Å². The van der Waals surface area contributed by atoms with Crippen molar-refractivity contribution in [2.45, 2.75) is 33.6 Å². The Hall–Kier alpha value is -0.570. The lowest BCUT2D eigenvalue weighted by Crippen LogP contribution is -2.04.